The van der Waals surface area contributed by atoms with Gasteiger partial charge in [0.2, 0.25) is 0 Å². The molecule has 0 fully saturated rings. The Morgan fingerprint density at radius 2 is 1.00 bits per heavy atom. The molecule has 0 aromatic heterocycles. The van der Waals surface area contributed by atoms with Crippen molar-refractivity contribution in [3.05, 3.63) is 48.6 Å². The number of hydrogen-bond acceptors (Lipinski definition) is 8. The minimum Gasteiger partial charge on any atom is -0.480 e. The van der Waals surface area contributed by atoms with E-state index in [1.165, 1.54) is 116 Å². The number of carboxylic acids is 1. The Morgan fingerprint density at radius 1 is 0.569 bits per heavy atom. The van der Waals surface area contributed by atoms with Gasteiger partial charge in [-0.25, -0.2) is 4.57 Å². The van der Waals surface area contributed by atoms with Crippen LogP contribution in [0.25, 0.3) is 0 Å². The summed E-state index contributed by atoms with van der Waals surface area (Å²) in [6, 6.07) is -1.48. The number of carbonyl (C=O) groups excluding carboxylic acids is 1. The second-order valence-electron chi connectivity index (χ2n) is 15.5. The van der Waals surface area contributed by atoms with Crippen LogP contribution >= 0.6 is 7.82 Å². The lowest BCUT2D eigenvalue weighted by molar-refractivity contribution is -0.154. The number of carboxylic acid groups (broad SMARTS) is 1. The number of hydrogen-bond donors (Lipinski definition) is 3. The zero-order valence-electron chi connectivity index (χ0n) is 36.9. The van der Waals surface area contributed by atoms with Gasteiger partial charge in [0, 0.05) is 13.0 Å². The minimum absolute atomic E-state index is 0.00151. The standard InChI is InChI=1S/C47H86NO9P/c1-3-5-7-9-11-13-15-17-19-20-21-22-23-24-26-28-30-32-34-36-38-40-54-41-44(42-55-58(52,53)56-43-45(48)47(50)51)57-46(49)39-37-35-33-31-29-27-25-18-16-14-12-10-8-6-4-2/h6,8,12,14,18,25,29,31,44-45H,3-5,7,9-11,13,15-17,19-24,26-28,30,32-43,48H2,1-2H3,(H,50,51)(H,52,53)/b8-6-,14-12-,25-18-,31-29-. The van der Waals surface area contributed by atoms with E-state index in [2.05, 4.69) is 62.5 Å². The first-order chi connectivity index (χ1) is 28.2. The molecule has 3 atom stereocenters. The largest absolute Gasteiger partial charge is 0.480 e. The zero-order chi connectivity index (χ0) is 42.6. The monoisotopic (exact) mass is 840 g/mol. The molecule has 0 spiro atoms. The molecular weight excluding hydrogens is 753 g/mol. The Labute approximate surface area is 354 Å². The molecule has 58 heavy (non-hydrogen) atoms. The summed E-state index contributed by atoms with van der Waals surface area (Å²) in [7, 11) is -4.63. The third-order valence-electron chi connectivity index (χ3n) is 9.87. The maximum Gasteiger partial charge on any atom is 0.472 e. The van der Waals surface area contributed by atoms with Crippen LogP contribution in [-0.4, -0.2) is 60.5 Å². The minimum atomic E-state index is -4.63. The van der Waals surface area contributed by atoms with E-state index in [-0.39, 0.29) is 13.0 Å². The molecule has 4 N–H and O–H groups in total. The molecule has 0 radical (unpaired) electrons. The van der Waals surface area contributed by atoms with Crippen LogP contribution in [0.15, 0.2) is 48.6 Å². The Balaban J connectivity index is 4.20. The van der Waals surface area contributed by atoms with Crippen molar-refractivity contribution < 1.29 is 42.7 Å². The SMILES string of the molecule is CC/C=C\C/C=C\C/C=C\C/C=C\CCCCC(=O)OC(COCCCCCCCCCCCCCCCCCCCCCCC)COP(=O)(O)OCC(N)C(=O)O. The van der Waals surface area contributed by atoms with Gasteiger partial charge in [-0.1, -0.05) is 191 Å². The van der Waals surface area contributed by atoms with E-state index in [9.17, 15) is 19.0 Å². The fourth-order valence-electron chi connectivity index (χ4n) is 6.30. The summed E-state index contributed by atoms with van der Waals surface area (Å²) in [5.41, 5.74) is 5.36. The van der Waals surface area contributed by atoms with Crippen molar-refractivity contribution in [1.29, 1.82) is 0 Å². The molecule has 11 heteroatoms. The highest BCUT2D eigenvalue weighted by Gasteiger charge is 2.27. The van der Waals surface area contributed by atoms with E-state index < -0.39 is 45.1 Å². The number of esters is 1. The van der Waals surface area contributed by atoms with Gasteiger partial charge in [-0.05, 0) is 51.4 Å². The van der Waals surface area contributed by atoms with Crippen molar-refractivity contribution in [3.8, 4) is 0 Å². The van der Waals surface area contributed by atoms with E-state index >= 15 is 0 Å². The van der Waals surface area contributed by atoms with Gasteiger partial charge in [0.1, 0.15) is 12.1 Å². The van der Waals surface area contributed by atoms with Crippen LogP contribution in [0.3, 0.4) is 0 Å². The smallest absolute Gasteiger partial charge is 0.472 e. The molecule has 3 unspecified atom stereocenters. The summed E-state index contributed by atoms with van der Waals surface area (Å²) in [6.45, 7) is 3.74. The molecule has 0 heterocycles. The van der Waals surface area contributed by atoms with E-state index in [0.29, 0.717) is 13.0 Å². The molecule has 0 amide bonds. The third kappa shape index (κ3) is 42.1. The van der Waals surface area contributed by atoms with Crippen LogP contribution in [0.4, 0.5) is 0 Å². The molecular formula is C47H86NO9P. The molecule has 0 rings (SSSR count). The quantitative estimate of drug-likeness (QED) is 0.0234. The van der Waals surface area contributed by atoms with Gasteiger partial charge >= 0.3 is 19.8 Å². The second kappa shape index (κ2) is 43.0. The number of rotatable bonds is 44. The second-order valence-corrected chi connectivity index (χ2v) is 17.0. The summed E-state index contributed by atoms with van der Waals surface area (Å²) >= 11 is 0. The molecule has 10 nitrogen and oxygen atoms in total. The number of unbranched alkanes of at least 4 members (excludes halogenated alkanes) is 22. The Kier molecular flexibility index (Phi) is 41.5. The fourth-order valence-corrected chi connectivity index (χ4v) is 7.08. The maximum atomic E-state index is 12.6. The van der Waals surface area contributed by atoms with Gasteiger partial charge in [0.25, 0.3) is 0 Å². The molecule has 0 aliphatic carbocycles. The lowest BCUT2D eigenvalue weighted by Gasteiger charge is -2.20. The average Bonchev–Trinajstić information content (AvgIpc) is 3.20. The lowest BCUT2D eigenvalue weighted by Crippen LogP contribution is -2.34. The molecule has 0 saturated heterocycles. The van der Waals surface area contributed by atoms with E-state index in [4.69, 9.17) is 29.4 Å². The van der Waals surface area contributed by atoms with Crippen LogP contribution in [0.1, 0.15) is 200 Å². The predicted molar refractivity (Wildman–Crippen MR) is 240 cm³/mol. The van der Waals surface area contributed by atoms with Crippen molar-refractivity contribution in [3.63, 3.8) is 0 Å². The number of carbonyl (C=O) groups is 2. The van der Waals surface area contributed by atoms with Gasteiger partial charge in [-0.3, -0.25) is 18.6 Å². The fraction of sp³-hybridized carbons (Fsp3) is 0.787. The van der Waals surface area contributed by atoms with Crippen LogP contribution in [0.5, 0.6) is 0 Å². The van der Waals surface area contributed by atoms with E-state index in [1.807, 2.05) is 0 Å². The molecule has 0 bridgehead atoms. The first-order valence-corrected chi connectivity index (χ1v) is 24.7. The highest BCUT2D eigenvalue weighted by Crippen LogP contribution is 2.43. The topological polar surface area (TPSA) is 155 Å². The van der Waals surface area contributed by atoms with Crippen molar-refractivity contribution in [2.75, 3.05) is 26.4 Å². The Morgan fingerprint density at radius 3 is 1.47 bits per heavy atom. The highest BCUT2D eigenvalue weighted by atomic mass is 31.2. The van der Waals surface area contributed by atoms with Crippen molar-refractivity contribution >= 4 is 19.8 Å². The molecule has 0 aromatic carbocycles. The first kappa shape index (κ1) is 55.9. The third-order valence-corrected chi connectivity index (χ3v) is 10.8. The number of nitrogens with two attached hydrogens (primary N) is 1. The van der Waals surface area contributed by atoms with Gasteiger partial charge in [-0.2, -0.15) is 0 Å². The molecule has 0 aliphatic heterocycles. The van der Waals surface area contributed by atoms with Crippen molar-refractivity contribution in [1.82, 2.24) is 0 Å². The molecule has 0 saturated carbocycles. The first-order valence-electron chi connectivity index (χ1n) is 23.2. The van der Waals surface area contributed by atoms with Crippen LogP contribution in [0, 0.1) is 0 Å². The van der Waals surface area contributed by atoms with Gasteiger partial charge in [-0.15, -0.1) is 0 Å². The zero-order valence-corrected chi connectivity index (χ0v) is 37.8. The summed E-state index contributed by atoms with van der Waals surface area (Å²) in [5, 5.41) is 8.90. The number of aliphatic carboxylic acids is 1. The maximum absolute atomic E-state index is 12.6. The van der Waals surface area contributed by atoms with Crippen LogP contribution < -0.4 is 5.73 Å². The summed E-state index contributed by atoms with van der Waals surface area (Å²) in [5.74, 6) is -1.82. The van der Waals surface area contributed by atoms with Crippen LogP contribution in [0.2, 0.25) is 0 Å². The molecule has 0 aliphatic rings. The predicted octanol–water partition coefficient (Wildman–Crippen LogP) is 13.0. The summed E-state index contributed by atoms with van der Waals surface area (Å²) in [4.78, 5) is 33.5. The Hall–Kier alpha value is -2.07. The van der Waals surface area contributed by atoms with E-state index in [0.717, 1.165) is 57.8 Å². The Bertz CT molecular complexity index is 1110. The molecule has 338 valence electrons. The normalized spacial score (nSPS) is 14.3. The molecule has 0 aromatic rings. The number of ether oxygens (including phenoxy) is 2. The van der Waals surface area contributed by atoms with Crippen LogP contribution in [-0.2, 0) is 32.7 Å². The van der Waals surface area contributed by atoms with Crippen molar-refractivity contribution in [2.45, 2.75) is 212 Å². The number of allylic oxidation sites excluding steroid dienone is 8. The van der Waals surface area contributed by atoms with Gasteiger partial charge < -0.3 is 25.2 Å². The average molecular weight is 840 g/mol. The van der Waals surface area contributed by atoms with Crippen molar-refractivity contribution in [2.24, 2.45) is 5.73 Å². The number of phosphoric ester groups is 1. The van der Waals surface area contributed by atoms with Gasteiger partial charge in [0.15, 0.2) is 0 Å². The van der Waals surface area contributed by atoms with E-state index in [1.54, 1.807) is 0 Å². The summed E-state index contributed by atoms with van der Waals surface area (Å²) in [6.07, 6.45) is 50.3. The lowest BCUT2D eigenvalue weighted by atomic mass is 10.0. The highest BCUT2D eigenvalue weighted by molar-refractivity contribution is 7.47. The number of phosphoric acid groups is 1. The van der Waals surface area contributed by atoms with Gasteiger partial charge in [0.05, 0.1) is 19.8 Å². The summed E-state index contributed by atoms with van der Waals surface area (Å²) < 4.78 is 33.4.